The van der Waals surface area contributed by atoms with Gasteiger partial charge in [0.25, 0.3) is 0 Å². The second kappa shape index (κ2) is 8.74. The highest BCUT2D eigenvalue weighted by molar-refractivity contribution is 5.92. The normalized spacial score (nSPS) is 16.8. The zero-order valence-corrected chi connectivity index (χ0v) is 14.8. The number of hydrogen-bond donors (Lipinski definition) is 1. The molecule has 1 aromatic heterocycles. The summed E-state index contributed by atoms with van der Waals surface area (Å²) in [6.45, 7) is 6.84. The predicted octanol–water partition coefficient (Wildman–Crippen LogP) is 2.43. The Morgan fingerprint density at radius 2 is 1.96 bits per heavy atom. The Morgan fingerprint density at radius 3 is 2.76 bits per heavy atom. The van der Waals surface area contributed by atoms with Crippen molar-refractivity contribution in [1.29, 1.82) is 0 Å². The van der Waals surface area contributed by atoms with E-state index in [0.29, 0.717) is 0 Å². The number of carbonyl (C=O) groups is 1. The number of rotatable bonds is 2. The van der Waals surface area contributed by atoms with Crippen LogP contribution in [0.25, 0.3) is 0 Å². The Labute approximate surface area is 149 Å². The zero-order chi connectivity index (χ0) is 17.5. The van der Waals surface area contributed by atoms with Gasteiger partial charge in [-0.3, -0.25) is 14.7 Å². The molecule has 1 aromatic carbocycles. The number of aromatic nitrogens is 1. The van der Waals surface area contributed by atoms with Crippen molar-refractivity contribution in [3.8, 4) is 0 Å². The molecule has 2 heterocycles. The Morgan fingerprint density at radius 1 is 1.12 bits per heavy atom. The lowest BCUT2D eigenvalue weighted by Gasteiger charge is -2.25. The first-order valence-electron chi connectivity index (χ1n) is 8.93. The van der Waals surface area contributed by atoms with Gasteiger partial charge < -0.3 is 10.2 Å². The summed E-state index contributed by atoms with van der Waals surface area (Å²) in [5.74, 6) is 0.1000. The molecule has 0 saturated carbocycles. The molecule has 0 spiro atoms. The summed E-state index contributed by atoms with van der Waals surface area (Å²) in [7, 11) is 0. The van der Waals surface area contributed by atoms with Gasteiger partial charge in [0.1, 0.15) is 0 Å². The first kappa shape index (κ1) is 17.6. The first-order valence-corrected chi connectivity index (χ1v) is 8.93. The molecule has 0 saturated heterocycles. The Kier molecular flexibility index (Phi) is 6.14. The van der Waals surface area contributed by atoms with Crippen molar-refractivity contribution in [3.05, 3.63) is 59.9 Å². The van der Waals surface area contributed by atoms with E-state index in [1.165, 1.54) is 5.56 Å². The van der Waals surface area contributed by atoms with Crippen LogP contribution in [0.5, 0.6) is 0 Å². The van der Waals surface area contributed by atoms with Crippen LogP contribution < -0.4 is 10.2 Å². The Hall–Kier alpha value is -2.24. The van der Waals surface area contributed by atoms with Gasteiger partial charge in [-0.05, 0) is 30.2 Å². The topological polar surface area (TPSA) is 48.5 Å². The minimum atomic E-state index is 0.1000. The monoisotopic (exact) mass is 338 g/mol. The number of hydrogen-bond acceptors (Lipinski definition) is 4. The van der Waals surface area contributed by atoms with Crippen molar-refractivity contribution in [3.63, 3.8) is 0 Å². The summed E-state index contributed by atoms with van der Waals surface area (Å²) in [5, 5.41) is 3.51. The van der Waals surface area contributed by atoms with E-state index in [-0.39, 0.29) is 5.91 Å². The minimum absolute atomic E-state index is 0.1000. The highest BCUT2D eigenvalue weighted by Gasteiger charge is 2.17. The van der Waals surface area contributed by atoms with E-state index in [4.69, 9.17) is 0 Å². The smallest absolute Gasteiger partial charge is 0.223 e. The SMILES string of the molecule is CC(=O)N1CCCN(Cc2ccccn2)CCNCc2ccccc21. The largest absolute Gasteiger partial charge is 0.312 e. The molecule has 0 radical (unpaired) electrons. The van der Waals surface area contributed by atoms with Crippen LogP contribution in [0.2, 0.25) is 0 Å². The van der Waals surface area contributed by atoms with E-state index in [1.54, 1.807) is 6.92 Å². The van der Waals surface area contributed by atoms with Crippen LogP contribution in [0.4, 0.5) is 5.69 Å². The van der Waals surface area contributed by atoms with E-state index in [9.17, 15) is 4.79 Å². The van der Waals surface area contributed by atoms with E-state index in [2.05, 4.69) is 27.3 Å². The number of nitrogens with zero attached hydrogens (tertiary/aromatic N) is 3. The van der Waals surface area contributed by atoms with Gasteiger partial charge in [-0.1, -0.05) is 24.3 Å². The van der Waals surface area contributed by atoms with Crippen LogP contribution in [-0.4, -0.2) is 42.0 Å². The molecule has 1 aliphatic heterocycles. The summed E-state index contributed by atoms with van der Waals surface area (Å²) in [6, 6.07) is 14.2. The summed E-state index contributed by atoms with van der Waals surface area (Å²) in [6.07, 6.45) is 2.79. The maximum absolute atomic E-state index is 12.2. The van der Waals surface area contributed by atoms with Gasteiger partial charge in [0.2, 0.25) is 5.91 Å². The zero-order valence-electron chi connectivity index (χ0n) is 14.8. The van der Waals surface area contributed by atoms with Gasteiger partial charge in [0.05, 0.1) is 5.69 Å². The average Bonchev–Trinajstić information content (AvgIpc) is 2.66. The van der Waals surface area contributed by atoms with E-state index in [0.717, 1.165) is 57.1 Å². The van der Waals surface area contributed by atoms with Gasteiger partial charge in [-0.15, -0.1) is 0 Å². The fraction of sp³-hybridized carbons (Fsp3) is 0.400. The molecule has 1 N–H and O–H groups in total. The van der Waals surface area contributed by atoms with Crippen molar-refractivity contribution >= 4 is 11.6 Å². The van der Waals surface area contributed by atoms with Crippen molar-refractivity contribution in [2.45, 2.75) is 26.4 Å². The molecule has 132 valence electrons. The molecule has 1 amide bonds. The molecule has 0 atom stereocenters. The molecule has 1 aliphatic rings. The predicted molar refractivity (Wildman–Crippen MR) is 100 cm³/mol. The molecular weight excluding hydrogens is 312 g/mol. The fourth-order valence-electron chi connectivity index (χ4n) is 3.27. The van der Waals surface area contributed by atoms with Crippen LogP contribution in [0.3, 0.4) is 0 Å². The van der Waals surface area contributed by atoms with E-state index in [1.807, 2.05) is 41.4 Å². The van der Waals surface area contributed by atoms with Crippen LogP contribution in [0, 0.1) is 0 Å². The number of para-hydroxylation sites is 1. The molecule has 25 heavy (non-hydrogen) atoms. The number of carbonyl (C=O) groups excluding carboxylic acids is 1. The van der Waals surface area contributed by atoms with Gasteiger partial charge in [0, 0.05) is 58.1 Å². The lowest BCUT2D eigenvalue weighted by atomic mass is 10.1. The van der Waals surface area contributed by atoms with Crippen LogP contribution in [0.15, 0.2) is 48.7 Å². The first-order chi connectivity index (χ1) is 12.2. The maximum atomic E-state index is 12.2. The van der Waals surface area contributed by atoms with Gasteiger partial charge in [-0.2, -0.15) is 0 Å². The number of pyridine rings is 1. The number of amides is 1. The Balaban J connectivity index is 1.72. The van der Waals surface area contributed by atoms with Gasteiger partial charge >= 0.3 is 0 Å². The lowest BCUT2D eigenvalue weighted by molar-refractivity contribution is -0.116. The Bertz CT molecular complexity index is 689. The van der Waals surface area contributed by atoms with Gasteiger partial charge in [0.15, 0.2) is 0 Å². The standard InChI is InChI=1S/C20H26N4O/c1-17(25)24-13-6-12-23(16-19-8-4-5-10-22-19)14-11-21-15-18-7-2-3-9-20(18)24/h2-5,7-10,21H,6,11-16H2,1H3. The maximum Gasteiger partial charge on any atom is 0.223 e. The second-order valence-electron chi connectivity index (χ2n) is 6.43. The van der Waals surface area contributed by atoms with Crippen LogP contribution >= 0.6 is 0 Å². The molecule has 0 fully saturated rings. The van der Waals surface area contributed by atoms with E-state index >= 15 is 0 Å². The third kappa shape index (κ3) is 4.87. The highest BCUT2D eigenvalue weighted by atomic mass is 16.2. The minimum Gasteiger partial charge on any atom is -0.312 e. The molecule has 2 aromatic rings. The van der Waals surface area contributed by atoms with Crippen molar-refractivity contribution in [2.75, 3.05) is 31.1 Å². The molecule has 5 nitrogen and oxygen atoms in total. The summed E-state index contributed by atoms with van der Waals surface area (Å²) < 4.78 is 0. The molecule has 0 bridgehead atoms. The average molecular weight is 338 g/mol. The number of benzene rings is 1. The second-order valence-corrected chi connectivity index (χ2v) is 6.43. The molecule has 3 rings (SSSR count). The summed E-state index contributed by atoms with van der Waals surface area (Å²) in [4.78, 5) is 20.9. The lowest BCUT2D eigenvalue weighted by Crippen LogP contribution is -2.34. The number of nitrogens with one attached hydrogen (secondary N) is 1. The third-order valence-corrected chi connectivity index (χ3v) is 4.55. The summed E-state index contributed by atoms with van der Waals surface area (Å²) >= 11 is 0. The molecular formula is C20H26N4O. The summed E-state index contributed by atoms with van der Waals surface area (Å²) in [5.41, 5.74) is 3.29. The number of anilines is 1. The third-order valence-electron chi connectivity index (χ3n) is 4.55. The van der Waals surface area contributed by atoms with Crippen molar-refractivity contribution < 1.29 is 4.79 Å². The highest BCUT2D eigenvalue weighted by Crippen LogP contribution is 2.21. The fourth-order valence-corrected chi connectivity index (χ4v) is 3.27. The van der Waals surface area contributed by atoms with Crippen LogP contribution in [0.1, 0.15) is 24.6 Å². The quantitative estimate of drug-likeness (QED) is 0.914. The van der Waals surface area contributed by atoms with Crippen LogP contribution in [-0.2, 0) is 17.9 Å². The molecule has 5 heteroatoms. The molecule has 0 unspecified atom stereocenters. The van der Waals surface area contributed by atoms with Crippen molar-refractivity contribution in [2.24, 2.45) is 0 Å². The number of fused-ring (bicyclic) bond motifs is 1. The van der Waals surface area contributed by atoms with Crippen molar-refractivity contribution in [1.82, 2.24) is 15.2 Å². The van der Waals surface area contributed by atoms with Gasteiger partial charge in [-0.25, -0.2) is 0 Å². The van der Waals surface area contributed by atoms with E-state index < -0.39 is 0 Å². The molecule has 0 aliphatic carbocycles.